The van der Waals surface area contributed by atoms with Crippen LogP contribution in [0, 0.1) is 35.0 Å². The highest BCUT2D eigenvalue weighted by atomic mass is 19.2. The van der Waals surface area contributed by atoms with Gasteiger partial charge in [-0.1, -0.05) is 43.3 Å². The molecule has 3 aromatic carbocycles. The zero-order valence-corrected chi connectivity index (χ0v) is 25.8. The molecule has 0 spiro atoms. The van der Waals surface area contributed by atoms with Gasteiger partial charge in [-0.05, 0) is 29.3 Å². The van der Waals surface area contributed by atoms with Gasteiger partial charge in [0.1, 0.15) is 5.56 Å². The summed E-state index contributed by atoms with van der Waals surface area (Å²) in [7, 11) is 0. The van der Waals surface area contributed by atoms with Crippen LogP contribution in [0.4, 0.5) is 33.6 Å². The molecule has 1 aromatic heterocycles. The van der Waals surface area contributed by atoms with E-state index in [0.29, 0.717) is 18.1 Å². The van der Waals surface area contributed by atoms with Crippen LogP contribution in [-0.2, 0) is 16.1 Å². The average molecular weight is 670 g/mol. The molecule has 4 aromatic rings. The zero-order chi connectivity index (χ0) is 33.9. The lowest BCUT2D eigenvalue weighted by Crippen LogP contribution is -2.51. The number of benzene rings is 3. The number of anilines is 2. The summed E-state index contributed by atoms with van der Waals surface area (Å²) in [5.74, 6) is -12.2. The molecule has 2 fully saturated rings. The Morgan fingerprint density at radius 3 is 2.15 bits per heavy atom. The largest absolute Gasteiger partial charge is 0.392 e. The molecule has 252 valence electrons. The van der Waals surface area contributed by atoms with Crippen LogP contribution in [0.15, 0.2) is 67.0 Å². The molecule has 2 aliphatic heterocycles. The Balaban J connectivity index is 1.22. The fourth-order valence-corrected chi connectivity index (χ4v) is 5.93. The van der Waals surface area contributed by atoms with E-state index in [1.165, 1.54) is 12.1 Å². The highest BCUT2D eigenvalue weighted by molar-refractivity contribution is 6.04. The number of nitrogens with zero attached hydrogens (tertiary/aromatic N) is 4. The van der Waals surface area contributed by atoms with E-state index in [1.807, 2.05) is 31.2 Å². The van der Waals surface area contributed by atoms with E-state index in [9.17, 15) is 31.9 Å². The summed E-state index contributed by atoms with van der Waals surface area (Å²) in [5, 5.41) is 11.8. The van der Waals surface area contributed by atoms with Gasteiger partial charge in [0, 0.05) is 62.3 Å². The maximum absolute atomic E-state index is 14.3. The lowest BCUT2D eigenvalue weighted by molar-refractivity contribution is -0.276. The summed E-state index contributed by atoms with van der Waals surface area (Å²) in [6.45, 7) is 5.42. The van der Waals surface area contributed by atoms with Crippen molar-refractivity contribution in [3.8, 4) is 0 Å². The molecule has 3 heterocycles. The Labute approximate surface area is 272 Å². The summed E-state index contributed by atoms with van der Waals surface area (Å²) >= 11 is 0. The Bertz CT molecular complexity index is 1730. The van der Waals surface area contributed by atoms with Crippen LogP contribution >= 0.6 is 0 Å². The van der Waals surface area contributed by atoms with E-state index < -0.39 is 53.0 Å². The number of aromatic nitrogens is 2. The third-order valence-electron chi connectivity index (χ3n) is 8.62. The highest BCUT2D eigenvalue weighted by Gasteiger charge is 2.40. The van der Waals surface area contributed by atoms with Gasteiger partial charge in [0.25, 0.3) is 5.91 Å². The van der Waals surface area contributed by atoms with Crippen LogP contribution in [0.3, 0.4) is 0 Å². The molecule has 1 amide bonds. The minimum Gasteiger partial charge on any atom is -0.392 e. The molecule has 0 radical (unpaired) electrons. The molecule has 4 atom stereocenters. The SMILES string of the molecule is C[C@H]1[C@@H](CN2CCN(c3ncccn3)CC2)O[C@@H](c2cccc(NC(=O)c3c(F)c(F)c(F)c(F)c3F)c2)O[C@H]1c1ccc(CO)cc1. The molecular formula is C34H32F5N5O4. The van der Waals surface area contributed by atoms with Gasteiger partial charge in [-0.15, -0.1) is 0 Å². The molecular weight excluding hydrogens is 637 g/mol. The number of aliphatic hydroxyl groups is 1. The number of hydrogen-bond acceptors (Lipinski definition) is 8. The smallest absolute Gasteiger partial charge is 0.261 e. The van der Waals surface area contributed by atoms with E-state index in [4.69, 9.17) is 9.47 Å². The van der Waals surface area contributed by atoms with Crippen molar-refractivity contribution < 1.29 is 41.3 Å². The van der Waals surface area contributed by atoms with Gasteiger partial charge in [0.15, 0.2) is 29.6 Å². The number of nitrogens with one attached hydrogen (secondary N) is 1. The van der Waals surface area contributed by atoms with Gasteiger partial charge >= 0.3 is 0 Å². The van der Waals surface area contributed by atoms with E-state index in [0.717, 1.165) is 37.3 Å². The van der Waals surface area contributed by atoms with Crippen molar-refractivity contribution in [2.45, 2.75) is 32.0 Å². The van der Waals surface area contributed by atoms with Crippen LogP contribution in [0.5, 0.6) is 0 Å². The van der Waals surface area contributed by atoms with Gasteiger partial charge in [-0.2, -0.15) is 0 Å². The quantitative estimate of drug-likeness (QED) is 0.144. The number of ether oxygens (including phenoxy) is 2. The Hall–Kier alpha value is -4.50. The fourth-order valence-electron chi connectivity index (χ4n) is 5.93. The van der Waals surface area contributed by atoms with Crippen LogP contribution < -0.4 is 10.2 Å². The highest BCUT2D eigenvalue weighted by Crippen LogP contribution is 2.42. The number of halogens is 5. The Kier molecular flexibility index (Phi) is 9.96. The molecule has 0 saturated carbocycles. The van der Waals surface area contributed by atoms with Crippen molar-refractivity contribution in [2.75, 3.05) is 42.9 Å². The first kappa shape index (κ1) is 33.4. The summed E-state index contributed by atoms with van der Waals surface area (Å²) in [5.41, 5.74) is 0.474. The van der Waals surface area contributed by atoms with Crippen LogP contribution in [0.25, 0.3) is 0 Å². The average Bonchev–Trinajstić information content (AvgIpc) is 3.11. The number of rotatable bonds is 8. The predicted molar refractivity (Wildman–Crippen MR) is 164 cm³/mol. The van der Waals surface area contributed by atoms with Crippen molar-refractivity contribution in [2.24, 2.45) is 5.92 Å². The standard InChI is InChI=1S/C34H32F5N5O4/c1-19-24(17-43-12-14-44(15-13-43)34-40-10-3-11-41-34)47-33(48-31(19)21-8-6-20(18-45)7-9-21)22-4-2-5-23(16-22)42-32(46)25-26(35)28(37)30(39)29(38)27(25)36/h2-11,16,19,24,31,33,45H,12-15,17-18H2,1H3,(H,42,46)/t19-,24+,31+,33+/m0/s1. The maximum atomic E-state index is 14.3. The monoisotopic (exact) mass is 669 g/mol. The molecule has 2 saturated heterocycles. The minimum absolute atomic E-state index is 0.0203. The third kappa shape index (κ3) is 6.88. The van der Waals surface area contributed by atoms with Crippen molar-refractivity contribution in [3.63, 3.8) is 0 Å². The Morgan fingerprint density at radius 1 is 0.854 bits per heavy atom. The van der Waals surface area contributed by atoms with E-state index in [-0.39, 0.29) is 24.3 Å². The van der Waals surface area contributed by atoms with E-state index in [1.54, 1.807) is 30.6 Å². The second-order valence-electron chi connectivity index (χ2n) is 11.7. The second-order valence-corrected chi connectivity index (χ2v) is 11.7. The topological polar surface area (TPSA) is 100 Å². The van der Waals surface area contributed by atoms with Gasteiger partial charge < -0.3 is 24.8 Å². The first-order valence-electron chi connectivity index (χ1n) is 15.3. The fraction of sp³-hybridized carbons (Fsp3) is 0.324. The third-order valence-corrected chi connectivity index (χ3v) is 8.62. The molecule has 14 heteroatoms. The van der Waals surface area contributed by atoms with Gasteiger partial charge in [0.2, 0.25) is 11.8 Å². The summed E-state index contributed by atoms with van der Waals surface area (Å²) in [4.78, 5) is 25.8. The Morgan fingerprint density at radius 2 is 1.50 bits per heavy atom. The minimum atomic E-state index is -2.36. The number of hydrogen-bond donors (Lipinski definition) is 2. The van der Waals surface area contributed by atoms with Crippen molar-refractivity contribution >= 4 is 17.5 Å². The predicted octanol–water partition coefficient (Wildman–Crippen LogP) is 5.53. The maximum Gasteiger partial charge on any atom is 0.261 e. The van der Waals surface area contributed by atoms with E-state index >= 15 is 0 Å². The molecule has 0 aliphatic carbocycles. The normalized spacial score (nSPS) is 21.7. The van der Waals surface area contributed by atoms with Crippen molar-refractivity contribution in [1.29, 1.82) is 0 Å². The summed E-state index contributed by atoms with van der Waals surface area (Å²) in [6.07, 6.45) is 1.71. The van der Waals surface area contributed by atoms with Crippen LogP contribution in [-0.4, -0.2) is 64.7 Å². The number of amides is 1. The van der Waals surface area contributed by atoms with E-state index in [2.05, 4.69) is 25.1 Å². The summed E-state index contributed by atoms with van der Waals surface area (Å²) in [6, 6.07) is 15.2. The first-order chi connectivity index (χ1) is 23.1. The molecule has 0 bridgehead atoms. The second kappa shape index (κ2) is 14.3. The molecule has 6 rings (SSSR count). The molecule has 48 heavy (non-hydrogen) atoms. The van der Waals surface area contributed by atoms with Crippen molar-refractivity contribution in [1.82, 2.24) is 14.9 Å². The molecule has 2 aliphatic rings. The van der Waals surface area contributed by atoms with Gasteiger partial charge in [-0.25, -0.2) is 31.9 Å². The zero-order valence-electron chi connectivity index (χ0n) is 25.8. The van der Waals surface area contributed by atoms with Gasteiger partial charge in [0.05, 0.1) is 18.8 Å². The molecule has 0 unspecified atom stereocenters. The lowest BCUT2D eigenvalue weighted by atomic mass is 9.90. The number of aliphatic hydroxyl groups excluding tert-OH is 1. The lowest BCUT2D eigenvalue weighted by Gasteiger charge is -2.44. The number of carbonyl (C=O) groups is 1. The molecule has 9 nitrogen and oxygen atoms in total. The van der Waals surface area contributed by atoms with Gasteiger partial charge in [-0.3, -0.25) is 9.69 Å². The van der Waals surface area contributed by atoms with Crippen LogP contribution in [0.2, 0.25) is 0 Å². The van der Waals surface area contributed by atoms with Crippen LogP contribution in [0.1, 0.15) is 46.4 Å². The summed E-state index contributed by atoms with van der Waals surface area (Å²) < 4.78 is 82.6. The number of piperazine rings is 1. The number of carbonyl (C=O) groups excluding carboxylic acids is 1. The van der Waals surface area contributed by atoms with Crippen molar-refractivity contribution in [3.05, 3.63) is 118 Å². The molecule has 2 N–H and O–H groups in total. The first-order valence-corrected chi connectivity index (χ1v) is 15.3.